The van der Waals surface area contributed by atoms with Crippen molar-refractivity contribution >= 4 is 5.91 Å². The predicted octanol–water partition coefficient (Wildman–Crippen LogP) is 4.03. The number of halogens is 1. The summed E-state index contributed by atoms with van der Waals surface area (Å²) < 4.78 is 13.4. The van der Waals surface area contributed by atoms with E-state index in [4.69, 9.17) is 0 Å². The van der Waals surface area contributed by atoms with Crippen LogP contribution >= 0.6 is 0 Å². The fraction of sp³-hybridized carbons (Fsp3) is 0.500. The smallest absolute Gasteiger partial charge is 0.227 e. The van der Waals surface area contributed by atoms with Gasteiger partial charge in [0.2, 0.25) is 5.91 Å². The Morgan fingerprint density at radius 2 is 1.93 bits per heavy atom. The molecule has 29 heavy (non-hydrogen) atoms. The van der Waals surface area contributed by atoms with Crippen molar-refractivity contribution in [3.8, 4) is 0 Å². The minimum atomic E-state index is -0.346. The van der Waals surface area contributed by atoms with Gasteiger partial charge in [-0.05, 0) is 73.5 Å². The van der Waals surface area contributed by atoms with Crippen LogP contribution in [-0.2, 0) is 11.2 Å². The van der Waals surface area contributed by atoms with Crippen LogP contribution in [0.4, 0.5) is 4.39 Å². The van der Waals surface area contributed by atoms with Crippen LogP contribution in [0.3, 0.4) is 0 Å². The van der Waals surface area contributed by atoms with Gasteiger partial charge in [-0.15, -0.1) is 0 Å². The number of nitrogens with zero attached hydrogens (tertiary/aromatic N) is 2. The molecule has 3 rings (SSSR count). The molecule has 1 atom stereocenters. The number of carbonyl (C=O) groups excluding carboxylic acids is 1. The van der Waals surface area contributed by atoms with E-state index in [9.17, 15) is 9.18 Å². The van der Waals surface area contributed by atoms with Gasteiger partial charge in [-0.25, -0.2) is 4.39 Å². The Kier molecular flexibility index (Phi) is 7.76. The Labute approximate surface area is 173 Å². The molecular formula is C24H32FN3O. The molecule has 1 aliphatic heterocycles. The van der Waals surface area contributed by atoms with Crippen LogP contribution in [0.25, 0.3) is 0 Å². The first-order valence-corrected chi connectivity index (χ1v) is 10.7. The summed E-state index contributed by atoms with van der Waals surface area (Å²) in [6.07, 6.45) is 6.31. The lowest BCUT2D eigenvalue weighted by atomic mass is 9.91. The van der Waals surface area contributed by atoms with Gasteiger partial charge in [0.15, 0.2) is 0 Å². The monoisotopic (exact) mass is 397 g/mol. The Morgan fingerprint density at radius 1 is 1.21 bits per heavy atom. The van der Waals surface area contributed by atoms with Crippen molar-refractivity contribution in [3.63, 3.8) is 0 Å². The molecule has 1 unspecified atom stereocenters. The van der Waals surface area contributed by atoms with Crippen LogP contribution < -0.4 is 5.32 Å². The van der Waals surface area contributed by atoms with Crippen LogP contribution in [-0.4, -0.2) is 42.0 Å². The van der Waals surface area contributed by atoms with E-state index < -0.39 is 0 Å². The summed E-state index contributed by atoms with van der Waals surface area (Å²) in [4.78, 5) is 19.7. The maximum absolute atomic E-state index is 13.4. The van der Waals surface area contributed by atoms with Crippen molar-refractivity contribution in [2.24, 2.45) is 11.8 Å². The van der Waals surface area contributed by atoms with Crippen molar-refractivity contribution in [3.05, 3.63) is 65.7 Å². The predicted molar refractivity (Wildman–Crippen MR) is 114 cm³/mol. The number of amides is 1. The molecule has 2 heterocycles. The van der Waals surface area contributed by atoms with Crippen LogP contribution in [0, 0.1) is 17.7 Å². The number of carbonyl (C=O) groups is 1. The van der Waals surface area contributed by atoms with Gasteiger partial charge in [-0.2, -0.15) is 0 Å². The number of piperidine rings is 1. The van der Waals surface area contributed by atoms with E-state index in [0.717, 1.165) is 43.6 Å². The topological polar surface area (TPSA) is 45.2 Å². The van der Waals surface area contributed by atoms with Crippen molar-refractivity contribution in [2.75, 3.05) is 26.2 Å². The molecule has 1 amide bonds. The van der Waals surface area contributed by atoms with Crippen molar-refractivity contribution in [2.45, 2.75) is 39.0 Å². The highest BCUT2D eigenvalue weighted by Crippen LogP contribution is 2.23. The molecule has 0 spiro atoms. The summed E-state index contributed by atoms with van der Waals surface area (Å²) in [5.41, 5.74) is 1.83. The van der Waals surface area contributed by atoms with Crippen LogP contribution in [0.2, 0.25) is 0 Å². The first-order valence-electron chi connectivity index (χ1n) is 10.7. The number of pyridine rings is 1. The molecule has 0 aliphatic carbocycles. The standard InChI is InChI=1S/C24H32FN3O/c1-18(2)17-28-12-9-19(10-13-28)16-27-24(29)23(14-20-4-3-11-26-15-20)21-5-7-22(25)8-6-21/h3-8,11,15,18-19,23H,9-10,12-14,16-17H2,1-2H3,(H,27,29). The zero-order valence-corrected chi connectivity index (χ0v) is 17.5. The molecule has 1 saturated heterocycles. The Balaban J connectivity index is 1.59. The van der Waals surface area contributed by atoms with Gasteiger partial charge < -0.3 is 10.2 Å². The van der Waals surface area contributed by atoms with E-state index in [1.54, 1.807) is 24.5 Å². The summed E-state index contributed by atoms with van der Waals surface area (Å²) in [6.45, 7) is 8.58. The maximum atomic E-state index is 13.4. The van der Waals surface area contributed by atoms with Crippen LogP contribution in [0.5, 0.6) is 0 Å². The van der Waals surface area contributed by atoms with E-state index in [2.05, 4.69) is 29.0 Å². The molecule has 1 aliphatic rings. The minimum absolute atomic E-state index is 0.00470. The highest BCUT2D eigenvalue weighted by atomic mass is 19.1. The fourth-order valence-corrected chi connectivity index (χ4v) is 4.07. The highest BCUT2D eigenvalue weighted by Gasteiger charge is 2.24. The van der Waals surface area contributed by atoms with Gasteiger partial charge in [-0.1, -0.05) is 32.0 Å². The second-order valence-electron chi connectivity index (χ2n) is 8.55. The third-order valence-electron chi connectivity index (χ3n) is 5.65. The molecule has 4 nitrogen and oxygen atoms in total. The minimum Gasteiger partial charge on any atom is -0.355 e. The molecule has 1 aromatic heterocycles. The summed E-state index contributed by atoms with van der Waals surface area (Å²) in [5, 5.41) is 3.17. The average Bonchev–Trinajstić information content (AvgIpc) is 2.72. The zero-order valence-electron chi connectivity index (χ0n) is 17.5. The second-order valence-corrected chi connectivity index (χ2v) is 8.55. The van der Waals surface area contributed by atoms with Crippen molar-refractivity contribution in [1.82, 2.24) is 15.2 Å². The van der Waals surface area contributed by atoms with Gasteiger partial charge in [0.1, 0.15) is 5.82 Å². The molecule has 2 aromatic rings. The molecule has 1 fully saturated rings. The molecule has 5 heteroatoms. The van der Waals surface area contributed by atoms with E-state index in [1.807, 2.05) is 12.1 Å². The molecule has 0 bridgehead atoms. The van der Waals surface area contributed by atoms with E-state index in [-0.39, 0.29) is 17.6 Å². The Hall–Kier alpha value is -2.27. The SMILES string of the molecule is CC(C)CN1CCC(CNC(=O)C(Cc2cccnc2)c2ccc(F)cc2)CC1. The van der Waals surface area contributed by atoms with Gasteiger partial charge >= 0.3 is 0 Å². The number of hydrogen-bond acceptors (Lipinski definition) is 3. The summed E-state index contributed by atoms with van der Waals surface area (Å²) >= 11 is 0. The van der Waals surface area contributed by atoms with E-state index in [1.165, 1.54) is 12.1 Å². The zero-order chi connectivity index (χ0) is 20.6. The Morgan fingerprint density at radius 3 is 2.55 bits per heavy atom. The summed E-state index contributed by atoms with van der Waals surface area (Å²) in [7, 11) is 0. The van der Waals surface area contributed by atoms with Gasteiger partial charge in [0.05, 0.1) is 5.92 Å². The first-order chi connectivity index (χ1) is 14.0. The highest BCUT2D eigenvalue weighted by molar-refractivity contribution is 5.84. The fourth-order valence-electron chi connectivity index (χ4n) is 4.07. The maximum Gasteiger partial charge on any atom is 0.227 e. The third-order valence-corrected chi connectivity index (χ3v) is 5.65. The lowest BCUT2D eigenvalue weighted by Crippen LogP contribution is -2.41. The van der Waals surface area contributed by atoms with Gasteiger partial charge in [0.25, 0.3) is 0 Å². The Bertz CT molecular complexity index is 755. The number of benzene rings is 1. The van der Waals surface area contributed by atoms with Crippen molar-refractivity contribution < 1.29 is 9.18 Å². The number of rotatable bonds is 8. The number of likely N-dealkylation sites (tertiary alicyclic amines) is 1. The van der Waals surface area contributed by atoms with Gasteiger partial charge in [0, 0.05) is 25.5 Å². The lowest BCUT2D eigenvalue weighted by Gasteiger charge is -2.33. The first kappa shape index (κ1) is 21.4. The lowest BCUT2D eigenvalue weighted by molar-refractivity contribution is -0.122. The molecule has 0 radical (unpaired) electrons. The quantitative estimate of drug-likeness (QED) is 0.731. The summed E-state index contributed by atoms with van der Waals surface area (Å²) in [5.74, 6) is 0.582. The van der Waals surface area contributed by atoms with E-state index >= 15 is 0 Å². The molecule has 1 aromatic carbocycles. The molecular weight excluding hydrogens is 365 g/mol. The van der Waals surface area contributed by atoms with Crippen LogP contribution in [0.1, 0.15) is 43.7 Å². The van der Waals surface area contributed by atoms with Gasteiger partial charge in [-0.3, -0.25) is 9.78 Å². The number of nitrogens with one attached hydrogen (secondary N) is 1. The second kappa shape index (κ2) is 10.5. The largest absolute Gasteiger partial charge is 0.355 e. The summed E-state index contributed by atoms with van der Waals surface area (Å²) in [6, 6.07) is 10.1. The molecule has 156 valence electrons. The van der Waals surface area contributed by atoms with Crippen LogP contribution in [0.15, 0.2) is 48.8 Å². The number of aromatic nitrogens is 1. The molecule has 1 N–H and O–H groups in total. The molecule has 0 saturated carbocycles. The average molecular weight is 398 g/mol. The van der Waals surface area contributed by atoms with E-state index in [0.29, 0.717) is 24.8 Å². The third kappa shape index (κ3) is 6.64. The normalized spacial score (nSPS) is 16.7. The number of hydrogen-bond donors (Lipinski definition) is 1. The van der Waals surface area contributed by atoms with Crippen molar-refractivity contribution in [1.29, 1.82) is 0 Å².